The molecule has 146 valence electrons. The molecule has 0 spiro atoms. The Kier molecular flexibility index (Phi) is 5.16. The van der Waals surface area contributed by atoms with E-state index in [0.29, 0.717) is 6.42 Å². The summed E-state index contributed by atoms with van der Waals surface area (Å²) in [6.07, 6.45) is 7.16. The molecule has 2 aromatic carbocycles. The highest BCUT2D eigenvalue weighted by molar-refractivity contribution is 7.91. The van der Waals surface area contributed by atoms with Gasteiger partial charge in [0.25, 0.3) is 0 Å². The van der Waals surface area contributed by atoms with Crippen LogP contribution in [0.15, 0.2) is 79.3 Å². The first-order valence-corrected chi connectivity index (χ1v) is 11.4. The largest absolute Gasteiger partial charge is 0.264 e. The Morgan fingerprint density at radius 2 is 1.66 bits per heavy atom. The summed E-state index contributed by atoms with van der Waals surface area (Å²) < 4.78 is 23.9. The molecule has 0 N–H and O–H groups in total. The minimum Gasteiger partial charge on any atom is -0.264 e. The van der Waals surface area contributed by atoms with Crippen molar-refractivity contribution in [1.29, 1.82) is 0 Å². The Hall–Kier alpha value is -3.05. The molecular formula is C24H22N2O2S. The maximum absolute atomic E-state index is 11.9. The smallest absolute Gasteiger partial charge is 0.150 e. The van der Waals surface area contributed by atoms with Crippen molar-refractivity contribution in [2.24, 2.45) is 0 Å². The average molecular weight is 403 g/mol. The van der Waals surface area contributed by atoms with Crippen molar-refractivity contribution in [3.8, 4) is 22.3 Å². The molecule has 0 aliphatic heterocycles. The van der Waals surface area contributed by atoms with Crippen LogP contribution in [-0.2, 0) is 16.3 Å². The number of hydrogen-bond acceptors (Lipinski definition) is 4. The SMILES string of the molecule is CC(Cc1cc(-c2cccc(-c3cccnc3)c2)c2ncccc2c1)S(C)(=O)=O. The van der Waals surface area contributed by atoms with Crippen molar-refractivity contribution in [3.63, 3.8) is 0 Å². The van der Waals surface area contributed by atoms with Crippen LogP contribution >= 0.6 is 0 Å². The highest BCUT2D eigenvalue weighted by Crippen LogP contribution is 2.32. The Balaban J connectivity index is 1.85. The summed E-state index contributed by atoms with van der Waals surface area (Å²) in [6, 6.07) is 20.3. The summed E-state index contributed by atoms with van der Waals surface area (Å²) in [7, 11) is -3.10. The molecular weight excluding hydrogens is 380 g/mol. The second-order valence-corrected chi connectivity index (χ2v) is 9.85. The van der Waals surface area contributed by atoms with Crippen molar-refractivity contribution < 1.29 is 8.42 Å². The van der Waals surface area contributed by atoms with E-state index < -0.39 is 15.1 Å². The predicted octanol–water partition coefficient (Wildman–Crippen LogP) is 4.94. The van der Waals surface area contributed by atoms with Crippen molar-refractivity contribution in [1.82, 2.24) is 9.97 Å². The Morgan fingerprint density at radius 3 is 2.41 bits per heavy atom. The first-order chi connectivity index (χ1) is 13.9. The minimum atomic E-state index is -3.10. The molecule has 0 fully saturated rings. The van der Waals surface area contributed by atoms with Crippen molar-refractivity contribution >= 4 is 20.7 Å². The molecule has 2 aromatic heterocycles. The molecule has 0 amide bonds. The number of nitrogens with zero attached hydrogens (tertiary/aromatic N) is 2. The Morgan fingerprint density at radius 1 is 0.897 bits per heavy atom. The van der Waals surface area contributed by atoms with E-state index >= 15 is 0 Å². The van der Waals surface area contributed by atoms with Crippen LogP contribution in [-0.4, -0.2) is 29.9 Å². The van der Waals surface area contributed by atoms with E-state index in [1.54, 1.807) is 19.3 Å². The summed E-state index contributed by atoms with van der Waals surface area (Å²) in [5.41, 5.74) is 6.08. The first-order valence-electron chi connectivity index (χ1n) is 9.49. The van der Waals surface area contributed by atoms with Crippen LogP contribution in [0.5, 0.6) is 0 Å². The average Bonchev–Trinajstić information content (AvgIpc) is 2.73. The minimum absolute atomic E-state index is 0.439. The van der Waals surface area contributed by atoms with Crippen LogP contribution in [0.3, 0.4) is 0 Å². The van der Waals surface area contributed by atoms with E-state index in [1.165, 1.54) is 6.26 Å². The predicted molar refractivity (Wildman–Crippen MR) is 118 cm³/mol. The molecule has 2 heterocycles. The van der Waals surface area contributed by atoms with Crippen LogP contribution in [0.2, 0.25) is 0 Å². The fourth-order valence-electron chi connectivity index (χ4n) is 3.48. The molecule has 5 heteroatoms. The van der Waals surface area contributed by atoms with E-state index in [2.05, 4.69) is 34.2 Å². The van der Waals surface area contributed by atoms with Gasteiger partial charge in [-0.05, 0) is 60.4 Å². The summed E-state index contributed by atoms with van der Waals surface area (Å²) in [6.45, 7) is 1.76. The number of pyridine rings is 2. The summed E-state index contributed by atoms with van der Waals surface area (Å²) in [4.78, 5) is 8.81. The van der Waals surface area contributed by atoms with E-state index in [4.69, 9.17) is 0 Å². The number of rotatable bonds is 5. The van der Waals surface area contributed by atoms with Crippen LogP contribution < -0.4 is 0 Å². The number of hydrogen-bond donors (Lipinski definition) is 0. The van der Waals surface area contributed by atoms with Crippen LogP contribution in [0.4, 0.5) is 0 Å². The fraction of sp³-hybridized carbons (Fsp3) is 0.167. The van der Waals surface area contributed by atoms with Crippen LogP contribution in [0.1, 0.15) is 12.5 Å². The van der Waals surface area contributed by atoms with Crippen molar-refractivity contribution in [2.75, 3.05) is 6.26 Å². The van der Waals surface area contributed by atoms with Crippen molar-refractivity contribution in [2.45, 2.75) is 18.6 Å². The van der Waals surface area contributed by atoms with Gasteiger partial charge in [-0.3, -0.25) is 9.97 Å². The monoisotopic (exact) mass is 402 g/mol. The molecule has 0 aliphatic rings. The lowest BCUT2D eigenvalue weighted by molar-refractivity contribution is 0.588. The lowest BCUT2D eigenvalue weighted by Crippen LogP contribution is -2.18. The molecule has 1 unspecified atom stereocenters. The maximum Gasteiger partial charge on any atom is 0.150 e. The maximum atomic E-state index is 11.9. The highest BCUT2D eigenvalue weighted by Gasteiger charge is 2.17. The third-order valence-electron chi connectivity index (χ3n) is 5.19. The fourth-order valence-corrected chi connectivity index (χ4v) is 3.97. The molecule has 0 bridgehead atoms. The van der Waals surface area contributed by atoms with Gasteiger partial charge in [0, 0.05) is 41.4 Å². The summed E-state index contributed by atoms with van der Waals surface area (Å²) >= 11 is 0. The Bertz CT molecular complexity index is 1270. The molecule has 0 saturated carbocycles. The number of sulfone groups is 1. The zero-order valence-corrected chi connectivity index (χ0v) is 17.2. The number of benzene rings is 2. The third-order valence-corrected chi connectivity index (χ3v) is 6.82. The molecule has 0 radical (unpaired) electrons. The second kappa shape index (κ2) is 7.76. The molecule has 4 rings (SSSR count). The van der Waals surface area contributed by atoms with Gasteiger partial charge in [-0.1, -0.05) is 30.3 Å². The Labute approximate surface area is 171 Å². The van der Waals surface area contributed by atoms with Gasteiger partial charge < -0.3 is 0 Å². The molecule has 0 saturated heterocycles. The van der Waals surface area contributed by atoms with E-state index in [0.717, 1.165) is 38.7 Å². The second-order valence-electron chi connectivity index (χ2n) is 7.39. The molecule has 29 heavy (non-hydrogen) atoms. The third kappa shape index (κ3) is 4.20. The lowest BCUT2D eigenvalue weighted by Gasteiger charge is -2.14. The lowest BCUT2D eigenvalue weighted by atomic mass is 9.95. The zero-order chi connectivity index (χ0) is 20.4. The van der Waals surface area contributed by atoms with E-state index in [9.17, 15) is 8.42 Å². The van der Waals surface area contributed by atoms with Gasteiger partial charge in [0.05, 0.1) is 10.8 Å². The van der Waals surface area contributed by atoms with Gasteiger partial charge in [-0.2, -0.15) is 0 Å². The first kappa shape index (κ1) is 19.3. The molecule has 4 aromatic rings. The van der Waals surface area contributed by atoms with Crippen LogP contribution in [0.25, 0.3) is 33.2 Å². The zero-order valence-electron chi connectivity index (χ0n) is 16.4. The quantitative estimate of drug-likeness (QED) is 0.474. The topological polar surface area (TPSA) is 59.9 Å². The number of fused-ring (bicyclic) bond motifs is 1. The molecule has 4 nitrogen and oxygen atoms in total. The van der Waals surface area contributed by atoms with E-state index in [-0.39, 0.29) is 0 Å². The van der Waals surface area contributed by atoms with Crippen LogP contribution in [0, 0.1) is 0 Å². The van der Waals surface area contributed by atoms with E-state index in [1.807, 2.05) is 42.6 Å². The normalized spacial score (nSPS) is 12.8. The van der Waals surface area contributed by atoms with Gasteiger partial charge >= 0.3 is 0 Å². The van der Waals surface area contributed by atoms with Gasteiger partial charge in [0.1, 0.15) is 9.84 Å². The van der Waals surface area contributed by atoms with Gasteiger partial charge in [0.15, 0.2) is 0 Å². The highest BCUT2D eigenvalue weighted by atomic mass is 32.2. The molecule has 0 aliphatic carbocycles. The van der Waals surface area contributed by atoms with Gasteiger partial charge in [0.2, 0.25) is 0 Å². The van der Waals surface area contributed by atoms with Gasteiger partial charge in [-0.15, -0.1) is 0 Å². The summed E-state index contributed by atoms with van der Waals surface area (Å²) in [5, 5.41) is 0.568. The van der Waals surface area contributed by atoms with Gasteiger partial charge in [-0.25, -0.2) is 8.42 Å². The molecule has 1 atom stereocenters. The standard InChI is InChI=1S/C24H22N2O2S/c1-17(29(2,27)28)12-18-13-21-8-5-11-26-24(21)23(14-18)20-7-3-6-19(15-20)22-9-4-10-25-16-22/h3-11,13-17H,12H2,1-2H3. The van der Waals surface area contributed by atoms with Crippen molar-refractivity contribution in [3.05, 3.63) is 84.8 Å². The summed E-state index contributed by atoms with van der Waals surface area (Å²) in [5.74, 6) is 0. The number of aromatic nitrogens is 2.